The Morgan fingerprint density at radius 3 is 2.62 bits per heavy atom. The van der Waals surface area contributed by atoms with Gasteiger partial charge in [-0.05, 0) is 38.1 Å². The van der Waals surface area contributed by atoms with E-state index in [2.05, 4.69) is 4.98 Å². The van der Waals surface area contributed by atoms with Crippen LogP contribution in [0, 0.1) is 0 Å². The van der Waals surface area contributed by atoms with Gasteiger partial charge < -0.3 is 0 Å². The fourth-order valence-electron chi connectivity index (χ4n) is 2.22. The minimum absolute atomic E-state index is 0.0884. The number of hydrogen-bond donors (Lipinski definition) is 0. The first-order valence-corrected chi connectivity index (χ1v) is 5.67. The summed E-state index contributed by atoms with van der Waals surface area (Å²) in [7, 11) is 0. The molecule has 0 N–H and O–H groups in total. The van der Waals surface area contributed by atoms with Crippen LogP contribution in [0.25, 0.3) is 0 Å². The second kappa shape index (κ2) is 5.34. The largest absolute Gasteiger partial charge is 0.298 e. The molecule has 2 rings (SSSR count). The molecule has 0 radical (unpaired) electrons. The van der Waals surface area contributed by atoms with Crippen LogP contribution in [-0.2, 0) is 0 Å². The van der Waals surface area contributed by atoms with E-state index < -0.39 is 6.43 Å². The number of rotatable bonds is 3. The zero-order chi connectivity index (χ0) is 11.4. The lowest BCUT2D eigenvalue weighted by Crippen LogP contribution is -2.36. The SMILES string of the molecule is FC(F)CN1CCC(c2ccccn2)CC1. The van der Waals surface area contributed by atoms with Crippen molar-refractivity contribution in [2.45, 2.75) is 25.2 Å². The molecule has 1 aliphatic heterocycles. The van der Waals surface area contributed by atoms with Crippen molar-refractivity contribution in [3.8, 4) is 0 Å². The van der Waals surface area contributed by atoms with E-state index in [9.17, 15) is 8.78 Å². The Bertz CT molecular complexity index is 308. The van der Waals surface area contributed by atoms with Gasteiger partial charge in [0.2, 0.25) is 0 Å². The molecule has 88 valence electrons. The Kier molecular flexibility index (Phi) is 3.83. The molecule has 4 heteroatoms. The van der Waals surface area contributed by atoms with E-state index in [4.69, 9.17) is 0 Å². The molecule has 0 aliphatic carbocycles. The molecule has 1 aliphatic rings. The van der Waals surface area contributed by atoms with E-state index in [1.807, 2.05) is 23.1 Å². The molecule has 2 nitrogen and oxygen atoms in total. The summed E-state index contributed by atoms with van der Waals surface area (Å²) in [6.45, 7) is 1.42. The van der Waals surface area contributed by atoms with Crippen LogP contribution in [-0.4, -0.2) is 35.9 Å². The molecule has 0 spiro atoms. The van der Waals surface area contributed by atoms with E-state index in [-0.39, 0.29) is 6.54 Å². The number of alkyl halides is 2. The summed E-state index contributed by atoms with van der Waals surface area (Å²) < 4.78 is 24.4. The molecule has 1 aromatic rings. The number of halogens is 2. The van der Waals surface area contributed by atoms with Crippen molar-refractivity contribution in [3.63, 3.8) is 0 Å². The average molecular weight is 226 g/mol. The number of nitrogens with zero attached hydrogens (tertiary/aromatic N) is 2. The average Bonchev–Trinajstić information content (AvgIpc) is 2.30. The molecule has 1 fully saturated rings. The number of pyridine rings is 1. The first-order chi connectivity index (χ1) is 7.75. The van der Waals surface area contributed by atoms with Crippen LogP contribution in [0.4, 0.5) is 8.78 Å². The fourth-order valence-corrected chi connectivity index (χ4v) is 2.22. The number of aromatic nitrogens is 1. The van der Waals surface area contributed by atoms with Gasteiger partial charge >= 0.3 is 0 Å². The van der Waals surface area contributed by atoms with Crippen molar-refractivity contribution in [3.05, 3.63) is 30.1 Å². The summed E-state index contributed by atoms with van der Waals surface area (Å²) in [4.78, 5) is 6.16. The zero-order valence-corrected chi connectivity index (χ0v) is 9.15. The summed E-state index contributed by atoms with van der Waals surface area (Å²) in [5, 5.41) is 0. The first-order valence-electron chi connectivity index (χ1n) is 5.67. The highest BCUT2D eigenvalue weighted by atomic mass is 19.3. The van der Waals surface area contributed by atoms with Gasteiger partial charge in [-0.1, -0.05) is 6.07 Å². The Hall–Kier alpha value is -1.03. The van der Waals surface area contributed by atoms with Crippen molar-refractivity contribution >= 4 is 0 Å². The van der Waals surface area contributed by atoms with E-state index in [1.165, 1.54) is 0 Å². The Labute approximate surface area is 94.3 Å². The third-order valence-electron chi connectivity index (χ3n) is 3.09. The van der Waals surface area contributed by atoms with Gasteiger partial charge in [-0.15, -0.1) is 0 Å². The monoisotopic (exact) mass is 226 g/mol. The molecule has 0 bridgehead atoms. The van der Waals surface area contributed by atoms with Crippen LogP contribution in [0.1, 0.15) is 24.5 Å². The van der Waals surface area contributed by atoms with Gasteiger partial charge in [-0.3, -0.25) is 9.88 Å². The molecule has 1 aromatic heterocycles. The highest BCUT2D eigenvalue weighted by molar-refractivity contribution is 5.10. The summed E-state index contributed by atoms with van der Waals surface area (Å²) in [6.07, 6.45) is 1.44. The van der Waals surface area contributed by atoms with Crippen LogP contribution in [0.15, 0.2) is 24.4 Å². The summed E-state index contributed by atoms with van der Waals surface area (Å²) in [5.74, 6) is 0.440. The Balaban J connectivity index is 1.86. The van der Waals surface area contributed by atoms with Gasteiger partial charge in [0, 0.05) is 17.8 Å². The van der Waals surface area contributed by atoms with Crippen molar-refractivity contribution in [2.75, 3.05) is 19.6 Å². The lowest BCUT2D eigenvalue weighted by atomic mass is 9.93. The molecule has 16 heavy (non-hydrogen) atoms. The smallest absolute Gasteiger partial charge is 0.251 e. The molecule has 0 saturated carbocycles. The second-order valence-corrected chi connectivity index (χ2v) is 4.22. The van der Waals surface area contributed by atoms with Gasteiger partial charge in [0.15, 0.2) is 0 Å². The molecule has 2 heterocycles. The fraction of sp³-hybridized carbons (Fsp3) is 0.583. The minimum Gasteiger partial charge on any atom is -0.298 e. The molecular formula is C12H16F2N2. The van der Waals surface area contributed by atoms with Gasteiger partial charge in [-0.2, -0.15) is 0 Å². The van der Waals surface area contributed by atoms with Crippen molar-refractivity contribution < 1.29 is 8.78 Å². The predicted octanol–water partition coefficient (Wildman–Crippen LogP) is 2.53. The number of piperidine rings is 1. The lowest BCUT2D eigenvalue weighted by molar-refractivity contribution is 0.0752. The second-order valence-electron chi connectivity index (χ2n) is 4.22. The highest BCUT2D eigenvalue weighted by Gasteiger charge is 2.22. The quantitative estimate of drug-likeness (QED) is 0.787. The van der Waals surface area contributed by atoms with Gasteiger partial charge in [0.1, 0.15) is 0 Å². The predicted molar refractivity (Wildman–Crippen MR) is 58.7 cm³/mol. The first kappa shape index (κ1) is 11.5. The molecule has 0 unspecified atom stereocenters. The Morgan fingerprint density at radius 1 is 1.31 bits per heavy atom. The van der Waals surface area contributed by atoms with Crippen LogP contribution in [0.3, 0.4) is 0 Å². The van der Waals surface area contributed by atoms with Crippen LogP contribution >= 0.6 is 0 Å². The van der Waals surface area contributed by atoms with Gasteiger partial charge in [0.05, 0.1) is 6.54 Å². The minimum atomic E-state index is -2.22. The summed E-state index contributed by atoms with van der Waals surface area (Å²) in [6, 6.07) is 5.90. The standard InChI is InChI=1S/C12H16F2N2/c13-12(14)9-16-7-4-10(5-8-16)11-3-1-2-6-15-11/h1-3,6,10,12H,4-5,7-9H2. The molecule has 0 atom stereocenters. The maximum Gasteiger partial charge on any atom is 0.251 e. The van der Waals surface area contributed by atoms with E-state index >= 15 is 0 Å². The maximum absolute atomic E-state index is 12.2. The van der Waals surface area contributed by atoms with Crippen molar-refractivity contribution in [1.29, 1.82) is 0 Å². The topological polar surface area (TPSA) is 16.1 Å². The van der Waals surface area contributed by atoms with Gasteiger partial charge in [-0.25, -0.2) is 8.78 Å². The van der Waals surface area contributed by atoms with Crippen molar-refractivity contribution in [2.24, 2.45) is 0 Å². The number of likely N-dealkylation sites (tertiary alicyclic amines) is 1. The third kappa shape index (κ3) is 2.98. The zero-order valence-electron chi connectivity index (χ0n) is 9.15. The number of hydrogen-bond acceptors (Lipinski definition) is 2. The van der Waals surface area contributed by atoms with E-state index in [1.54, 1.807) is 6.20 Å². The third-order valence-corrected chi connectivity index (χ3v) is 3.09. The molecular weight excluding hydrogens is 210 g/mol. The van der Waals surface area contributed by atoms with E-state index in [0.29, 0.717) is 5.92 Å². The molecule has 0 aromatic carbocycles. The van der Waals surface area contributed by atoms with Gasteiger partial charge in [0.25, 0.3) is 6.43 Å². The molecule has 0 amide bonds. The van der Waals surface area contributed by atoms with Crippen LogP contribution in [0.5, 0.6) is 0 Å². The summed E-state index contributed by atoms with van der Waals surface area (Å²) >= 11 is 0. The van der Waals surface area contributed by atoms with Crippen molar-refractivity contribution in [1.82, 2.24) is 9.88 Å². The molecule has 1 saturated heterocycles. The normalized spacial score (nSPS) is 19.2. The lowest BCUT2D eigenvalue weighted by Gasteiger charge is -2.31. The maximum atomic E-state index is 12.2. The van der Waals surface area contributed by atoms with E-state index in [0.717, 1.165) is 31.6 Å². The van der Waals surface area contributed by atoms with Crippen LogP contribution in [0.2, 0.25) is 0 Å². The van der Waals surface area contributed by atoms with Crippen LogP contribution < -0.4 is 0 Å². The summed E-state index contributed by atoms with van der Waals surface area (Å²) in [5.41, 5.74) is 1.10. The highest BCUT2D eigenvalue weighted by Crippen LogP contribution is 2.26. The Morgan fingerprint density at radius 2 is 2.06 bits per heavy atom.